The molecule has 4 heterocycles. The SMILES string of the molecule is CC(C)(C)c1ccc2c(c1)c1cc(C(C)(C)C)cc3c4cc5c6cc(C(C)(C)C)cc7c8cc(C(C)(C)C)ccc8n(c5c(-c5cccc(-c8cccc9ccccc89)c5)c4n2c13)c76. The van der Waals surface area contributed by atoms with Crippen molar-refractivity contribution in [1.29, 1.82) is 0 Å². The number of fused-ring (bicyclic) bond motifs is 13. The van der Waals surface area contributed by atoms with E-state index >= 15 is 0 Å². The summed E-state index contributed by atoms with van der Waals surface area (Å²) in [6, 6.07) is 52.2. The summed E-state index contributed by atoms with van der Waals surface area (Å²) in [5.41, 5.74) is 18.2. The van der Waals surface area contributed by atoms with Crippen LogP contribution in [0.1, 0.15) is 105 Å². The van der Waals surface area contributed by atoms with Gasteiger partial charge < -0.3 is 8.80 Å². The maximum absolute atomic E-state index is 2.65. The van der Waals surface area contributed by atoms with Crippen molar-refractivity contribution in [3.8, 4) is 22.3 Å². The van der Waals surface area contributed by atoms with Gasteiger partial charge in [-0.1, -0.05) is 156 Å². The lowest BCUT2D eigenvalue weighted by Crippen LogP contribution is -2.11. The number of hydrogen-bond donors (Lipinski definition) is 0. The monoisotopic (exact) mass is 830 g/mol. The molecule has 0 atom stereocenters. The van der Waals surface area contributed by atoms with E-state index in [0.29, 0.717) is 0 Å². The highest BCUT2D eigenvalue weighted by Gasteiger charge is 2.31. The zero-order valence-corrected chi connectivity index (χ0v) is 39.6. The van der Waals surface area contributed by atoms with Gasteiger partial charge >= 0.3 is 0 Å². The molecule has 0 bridgehead atoms. The van der Waals surface area contributed by atoms with Gasteiger partial charge in [-0.05, 0) is 132 Å². The van der Waals surface area contributed by atoms with Crippen LogP contribution in [0.25, 0.3) is 109 Å². The molecule has 0 unspecified atom stereocenters. The third-order valence-corrected chi connectivity index (χ3v) is 14.7. The van der Waals surface area contributed by atoms with Crippen LogP contribution >= 0.6 is 0 Å². The summed E-state index contributed by atoms with van der Waals surface area (Å²) in [4.78, 5) is 0. The van der Waals surface area contributed by atoms with Gasteiger partial charge in [0.1, 0.15) is 0 Å². The van der Waals surface area contributed by atoms with E-state index in [2.05, 4.69) is 225 Å². The van der Waals surface area contributed by atoms with Crippen molar-refractivity contribution in [1.82, 2.24) is 8.80 Å². The lowest BCUT2D eigenvalue weighted by Gasteiger charge is -2.21. The van der Waals surface area contributed by atoms with Crippen molar-refractivity contribution in [2.24, 2.45) is 0 Å². The van der Waals surface area contributed by atoms with Crippen LogP contribution < -0.4 is 0 Å². The maximum atomic E-state index is 2.65. The predicted octanol–water partition coefficient (Wildman–Crippen LogP) is 17.7. The predicted molar refractivity (Wildman–Crippen MR) is 279 cm³/mol. The fourth-order valence-electron chi connectivity index (χ4n) is 11.1. The van der Waals surface area contributed by atoms with Crippen molar-refractivity contribution in [2.45, 2.75) is 105 Å². The first kappa shape index (κ1) is 39.2. The summed E-state index contributed by atoms with van der Waals surface area (Å²) in [7, 11) is 0. The molecular weight excluding hydrogens is 773 g/mol. The van der Waals surface area contributed by atoms with E-state index in [1.54, 1.807) is 0 Å². The second-order valence-electron chi connectivity index (χ2n) is 23.1. The largest absolute Gasteiger partial charge is 0.307 e. The molecule has 12 aromatic rings. The van der Waals surface area contributed by atoms with Crippen molar-refractivity contribution in [3.63, 3.8) is 0 Å². The summed E-state index contributed by atoms with van der Waals surface area (Å²) in [6.45, 7) is 28.2. The number of rotatable bonds is 2. The van der Waals surface area contributed by atoms with E-state index in [0.717, 1.165) is 0 Å². The van der Waals surface area contributed by atoms with Gasteiger partial charge in [-0.3, -0.25) is 0 Å². The van der Waals surface area contributed by atoms with Gasteiger partial charge in [0.2, 0.25) is 0 Å². The van der Waals surface area contributed by atoms with Crippen LogP contribution in [0.15, 0.2) is 133 Å². The second kappa shape index (κ2) is 12.7. The molecule has 316 valence electrons. The molecule has 0 N–H and O–H groups in total. The van der Waals surface area contributed by atoms with Crippen molar-refractivity contribution >= 4 is 87.0 Å². The minimum atomic E-state index is -0.0355. The first-order valence-electron chi connectivity index (χ1n) is 23.3. The Bertz CT molecular complexity index is 3710. The number of nitrogens with zero attached hydrogens (tertiary/aromatic N) is 2. The maximum Gasteiger partial charge on any atom is 0.0641 e. The van der Waals surface area contributed by atoms with E-state index in [1.165, 1.54) is 131 Å². The van der Waals surface area contributed by atoms with Gasteiger partial charge in [-0.15, -0.1) is 0 Å². The van der Waals surface area contributed by atoms with Gasteiger partial charge in [0, 0.05) is 48.7 Å². The highest BCUT2D eigenvalue weighted by Crippen LogP contribution is 2.52. The molecule has 12 rings (SSSR count). The van der Waals surface area contributed by atoms with Gasteiger partial charge in [-0.2, -0.15) is 0 Å². The van der Waals surface area contributed by atoms with Crippen LogP contribution in [-0.4, -0.2) is 8.80 Å². The van der Waals surface area contributed by atoms with Crippen molar-refractivity contribution in [2.75, 3.05) is 0 Å². The molecule has 4 aromatic heterocycles. The lowest BCUT2D eigenvalue weighted by molar-refractivity contribution is 0.590. The van der Waals surface area contributed by atoms with E-state index in [1.807, 2.05) is 0 Å². The lowest BCUT2D eigenvalue weighted by atomic mass is 9.83. The molecule has 0 radical (unpaired) electrons. The zero-order chi connectivity index (χ0) is 44.6. The molecular formula is C62H58N2. The third-order valence-electron chi connectivity index (χ3n) is 14.7. The second-order valence-corrected chi connectivity index (χ2v) is 23.1. The van der Waals surface area contributed by atoms with Crippen LogP contribution in [-0.2, 0) is 21.7 Å². The van der Waals surface area contributed by atoms with Crippen molar-refractivity contribution in [3.05, 3.63) is 156 Å². The Morgan fingerprint density at radius 1 is 0.297 bits per heavy atom. The highest BCUT2D eigenvalue weighted by atomic mass is 14.9. The third kappa shape index (κ3) is 5.44. The van der Waals surface area contributed by atoms with E-state index in [4.69, 9.17) is 0 Å². The molecule has 2 heteroatoms. The molecule has 2 nitrogen and oxygen atoms in total. The summed E-state index contributed by atoms with van der Waals surface area (Å²) in [5.74, 6) is 0. The molecule has 0 aliphatic carbocycles. The van der Waals surface area contributed by atoms with Gasteiger partial charge in [-0.25, -0.2) is 0 Å². The Morgan fingerprint density at radius 3 is 1.20 bits per heavy atom. The number of aromatic nitrogens is 2. The van der Waals surface area contributed by atoms with Crippen LogP contribution in [0.5, 0.6) is 0 Å². The molecule has 8 aromatic carbocycles. The molecule has 64 heavy (non-hydrogen) atoms. The van der Waals surface area contributed by atoms with Crippen molar-refractivity contribution < 1.29 is 0 Å². The van der Waals surface area contributed by atoms with Gasteiger partial charge in [0.15, 0.2) is 0 Å². The van der Waals surface area contributed by atoms with E-state index in [9.17, 15) is 0 Å². The Morgan fingerprint density at radius 2 is 0.703 bits per heavy atom. The molecule has 0 saturated carbocycles. The molecule has 0 aliphatic heterocycles. The van der Waals surface area contributed by atoms with Crippen LogP contribution in [0, 0.1) is 0 Å². The summed E-state index contributed by atoms with van der Waals surface area (Å²) < 4.78 is 5.30. The number of hydrogen-bond acceptors (Lipinski definition) is 0. The normalized spacial score (nSPS) is 13.6. The highest BCUT2D eigenvalue weighted by molar-refractivity contribution is 6.33. The van der Waals surface area contributed by atoms with Crippen LogP contribution in [0.3, 0.4) is 0 Å². The standard InChI is InChI=1S/C62H58N2/c1-59(2,3)38-23-25-52-44(28-38)46-30-40(61(7,8)9)32-48-50-34-51-49-33-41(62(10,11)12)31-47-45-29-39(60(4,5)6)24-26-53(45)64(56(47)49)58(51)54(57(50)63(52)55(46)48)37-20-15-19-36(27-37)43-22-16-18-35-17-13-14-21-42(35)43/h13-34H,1-12H3. The zero-order valence-electron chi connectivity index (χ0n) is 39.6. The summed E-state index contributed by atoms with van der Waals surface area (Å²) >= 11 is 0. The van der Waals surface area contributed by atoms with Gasteiger partial charge in [0.25, 0.3) is 0 Å². The Kier molecular flexibility index (Phi) is 7.76. The summed E-state index contributed by atoms with van der Waals surface area (Å²) in [5, 5.41) is 13.2. The topological polar surface area (TPSA) is 8.82 Å². The van der Waals surface area contributed by atoms with E-state index in [-0.39, 0.29) is 21.7 Å². The fraction of sp³-hybridized carbons (Fsp3) is 0.258. The minimum absolute atomic E-state index is 0.0224. The first-order chi connectivity index (χ1) is 30.3. The quantitative estimate of drug-likeness (QED) is 0.164. The molecule has 0 aliphatic rings. The molecule has 0 fully saturated rings. The fourth-order valence-corrected chi connectivity index (χ4v) is 11.1. The minimum Gasteiger partial charge on any atom is -0.307 e. The van der Waals surface area contributed by atoms with Crippen LogP contribution in [0.4, 0.5) is 0 Å². The molecule has 0 saturated heterocycles. The molecule has 0 spiro atoms. The molecule has 0 amide bonds. The van der Waals surface area contributed by atoms with Crippen LogP contribution in [0.2, 0.25) is 0 Å². The Labute approximate surface area is 376 Å². The smallest absolute Gasteiger partial charge is 0.0641 e. The Balaban J connectivity index is 1.35. The number of benzene rings is 8. The average Bonchev–Trinajstić information content (AvgIpc) is 3.96. The van der Waals surface area contributed by atoms with E-state index < -0.39 is 0 Å². The summed E-state index contributed by atoms with van der Waals surface area (Å²) in [6.07, 6.45) is 0. The average molecular weight is 831 g/mol. The first-order valence-corrected chi connectivity index (χ1v) is 23.3. The Hall–Kier alpha value is -6.38. The van der Waals surface area contributed by atoms with Gasteiger partial charge in [0.05, 0.1) is 33.1 Å².